The Morgan fingerprint density at radius 1 is 1.00 bits per heavy atom. The largest absolute Gasteiger partial charge is 0.371 e. The monoisotopic (exact) mass is 574 g/mol. The van der Waals surface area contributed by atoms with Crippen LogP contribution in [0.3, 0.4) is 0 Å². The first kappa shape index (κ1) is 26.8. The SMILES string of the molecule is C[C@@H]1c2ccccc2CCN1C(=O)c1cc(-c2cccnc2)c2nc(-c3ccc(N4CC[C@H](C(N)=O)C4)cc3F)cn2c1. The highest BCUT2D eigenvalue weighted by molar-refractivity contribution is 5.97. The van der Waals surface area contributed by atoms with Gasteiger partial charge in [0, 0.05) is 66.8 Å². The number of nitrogens with zero attached hydrogens (tertiary/aromatic N) is 5. The first-order valence-corrected chi connectivity index (χ1v) is 14.5. The second-order valence-corrected chi connectivity index (χ2v) is 11.4. The molecule has 2 N–H and O–H groups in total. The van der Waals surface area contributed by atoms with Crippen molar-refractivity contribution < 1.29 is 14.0 Å². The zero-order valence-corrected chi connectivity index (χ0v) is 23.8. The first-order chi connectivity index (χ1) is 20.9. The maximum atomic E-state index is 15.6. The standard InChI is InChI=1S/C34H31FN6O2/c1-21-27-7-3-2-5-22(27)11-14-41(21)34(43)25-15-29(23-6-4-12-37-17-23)33-38-31(20-40(33)19-25)28-9-8-26(16-30(28)35)39-13-10-24(18-39)32(36)42/h2-9,12,15-17,19-21,24H,10-11,13-14,18H2,1H3,(H2,36,42)/t21-,24+/m1/s1. The number of pyridine rings is 2. The third-order valence-corrected chi connectivity index (χ3v) is 8.81. The lowest BCUT2D eigenvalue weighted by Crippen LogP contribution is -2.38. The molecule has 216 valence electrons. The number of benzene rings is 2. The number of carbonyl (C=O) groups is 2. The number of hydrogen-bond acceptors (Lipinski definition) is 5. The highest BCUT2D eigenvalue weighted by Gasteiger charge is 2.30. The quantitative estimate of drug-likeness (QED) is 0.308. The van der Waals surface area contributed by atoms with E-state index in [1.165, 1.54) is 17.2 Å². The summed E-state index contributed by atoms with van der Waals surface area (Å²) in [7, 11) is 0. The summed E-state index contributed by atoms with van der Waals surface area (Å²) < 4.78 is 17.4. The van der Waals surface area contributed by atoms with Gasteiger partial charge in [0.1, 0.15) is 11.5 Å². The normalized spacial score (nSPS) is 18.2. The van der Waals surface area contributed by atoms with Gasteiger partial charge in [-0.1, -0.05) is 30.3 Å². The van der Waals surface area contributed by atoms with Crippen LogP contribution in [0.2, 0.25) is 0 Å². The smallest absolute Gasteiger partial charge is 0.255 e. The van der Waals surface area contributed by atoms with Gasteiger partial charge in [-0.15, -0.1) is 0 Å². The highest BCUT2D eigenvalue weighted by Crippen LogP contribution is 2.34. The van der Waals surface area contributed by atoms with Gasteiger partial charge in [0.05, 0.1) is 23.2 Å². The number of fused-ring (bicyclic) bond motifs is 2. The summed E-state index contributed by atoms with van der Waals surface area (Å²) >= 11 is 0. The number of imidazole rings is 1. The van der Waals surface area contributed by atoms with E-state index in [1.807, 2.05) is 46.2 Å². The predicted molar refractivity (Wildman–Crippen MR) is 163 cm³/mol. The molecule has 5 heterocycles. The molecule has 7 rings (SSSR count). The van der Waals surface area contributed by atoms with Crippen molar-refractivity contribution in [1.82, 2.24) is 19.3 Å². The van der Waals surface area contributed by atoms with Gasteiger partial charge in [-0.25, -0.2) is 9.37 Å². The predicted octanol–water partition coefficient (Wildman–Crippen LogP) is 5.27. The average molecular weight is 575 g/mol. The molecule has 0 spiro atoms. The number of hydrogen-bond donors (Lipinski definition) is 1. The van der Waals surface area contributed by atoms with Crippen molar-refractivity contribution >= 4 is 23.1 Å². The van der Waals surface area contributed by atoms with Crippen molar-refractivity contribution in [2.24, 2.45) is 11.7 Å². The van der Waals surface area contributed by atoms with Crippen LogP contribution in [0.4, 0.5) is 10.1 Å². The molecule has 2 atom stereocenters. The molecule has 0 bridgehead atoms. The van der Waals surface area contributed by atoms with E-state index >= 15 is 4.39 Å². The van der Waals surface area contributed by atoms with E-state index in [4.69, 9.17) is 10.7 Å². The molecule has 3 aromatic heterocycles. The highest BCUT2D eigenvalue weighted by atomic mass is 19.1. The van der Waals surface area contributed by atoms with Gasteiger partial charge in [-0.2, -0.15) is 0 Å². The van der Waals surface area contributed by atoms with Gasteiger partial charge in [0.2, 0.25) is 5.91 Å². The van der Waals surface area contributed by atoms with E-state index < -0.39 is 5.82 Å². The molecule has 1 fully saturated rings. The molecule has 9 heteroatoms. The van der Waals surface area contributed by atoms with E-state index in [1.54, 1.807) is 35.3 Å². The number of carbonyl (C=O) groups excluding carboxylic acids is 2. The second kappa shape index (κ2) is 10.7. The molecule has 8 nitrogen and oxygen atoms in total. The van der Waals surface area contributed by atoms with E-state index in [9.17, 15) is 9.59 Å². The number of anilines is 1. The summed E-state index contributed by atoms with van der Waals surface area (Å²) in [6.07, 6.45) is 8.44. The van der Waals surface area contributed by atoms with Crippen LogP contribution in [0.1, 0.15) is 40.9 Å². The Labute approximate surface area is 248 Å². The number of amides is 2. The van der Waals surface area contributed by atoms with Crippen LogP contribution < -0.4 is 10.6 Å². The minimum Gasteiger partial charge on any atom is -0.371 e. The van der Waals surface area contributed by atoms with Gasteiger partial charge < -0.3 is 19.9 Å². The van der Waals surface area contributed by atoms with Gasteiger partial charge in [-0.05, 0) is 61.2 Å². The lowest BCUT2D eigenvalue weighted by molar-refractivity contribution is -0.121. The lowest BCUT2D eigenvalue weighted by Gasteiger charge is -2.35. The van der Waals surface area contributed by atoms with Crippen LogP contribution in [-0.2, 0) is 11.2 Å². The molecule has 2 amide bonds. The lowest BCUT2D eigenvalue weighted by atomic mass is 9.93. The number of nitrogens with two attached hydrogens (primary N) is 1. The summed E-state index contributed by atoms with van der Waals surface area (Å²) in [6, 6.07) is 18.9. The first-order valence-electron chi connectivity index (χ1n) is 14.5. The minimum absolute atomic E-state index is 0.0604. The Morgan fingerprint density at radius 2 is 1.86 bits per heavy atom. The topological polar surface area (TPSA) is 96.8 Å². The van der Waals surface area contributed by atoms with E-state index in [2.05, 4.69) is 24.0 Å². The maximum Gasteiger partial charge on any atom is 0.255 e. The van der Waals surface area contributed by atoms with Gasteiger partial charge in [0.25, 0.3) is 5.91 Å². The van der Waals surface area contributed by atoms with E-state index in [0.717, 1.165) is 17.5 Å². The Balaban J connectivity index is 1.26. The van der Waals surface area contributed by atoms with Crippen molar-refractivity contribution in [2.45, 2.75) is 25.8 Å². The maximum absolute atomic E-state index is 15.6. The van der Waals surface area contributed by atoms with E-state index in [0.29, 0.717) is 54.2 Å². The third kappa shape index (κ3) is 4.80. The zero-order valence-electron chi connectivity index (χ0n) is 23.8. The van der Waals surface area contributed by atoms with Crippen molar-refractivity contribution in [2.75, 3.05) is 24.5 Å². The fourth-order valence-corrected chi connectivity index (χ4v) is 6.43. The van der Waals surface area contributed by atoms with Crippen molar-refractivity contribution in [3.05, 3.63) is 108 Å². The molecule has 5 aromatic rings. The Hall–Kier alpha value is -5.05. The number of aromatic nitrogens is 3. The molecule has 0 aliphatic carbocycles. The van der Waals surface area contributed by atoms with Crippen LogP contribution >= 0.6 is 0 Å². The molecule has 2 aromatic carbocycles. The number of rotatable bonds is 5. The average Bonchev–Trinajstić information content (AvgIpc) is 3.69. The van der Waals surface area contributed by atoms with Gasteiger partial charge in [0.15, 0.2) is 0 Å². The molecule has 0 radical (unpaired) electrons. The van der Waals surface area contributed by atoms with Crippen molar-refractivity contribution in [3.63, 3.8) is 0 Å². The molecule has 1 saturated heterocycles. The molecule has 2 aliphatic rings. The number of primary amides is 1. The Kier molecular flexibility index (Phi) is 6.65. The van der Waals surface area contributed by atoms with E-state index in [-0.39, 0.29) is 23.8 Å². The minimum atomic E-state index is -0.413. The van der Waals surface area contributed by atoms with Crippen molar-refractivity contribution in [3.8, 4) is 22.4 Å². The molecule has 2 aliphatic heterocycles. The molecule has 0 unspecified atom stereocenters. The molecule has 0 saturated carbocycles. The van der Waals surface area contributed by atoms with Gasteiger partial charge >= 0.3 is 0 Å². The molecular formula is C34H31FN6O2. The Morgan fingerprint density at radius 3 is 2.63 bits per heavy atom. The molecule has 43 heavy (non-hydrogen) atoms. The second-order valence-electron chi connectivity index (χ2n) is 11.4. The summed E-state index contributed by atoms with van der Waals surface area (Å²) in [5, 5.41) is 0. The summed E-state index contributed by atoms with van der Waals surface area (Å²) in [5.74, 6) is -1.04. The van der Waals surface area contributed by atoms with Crippen LogP contribution in [0, 0.1) is 11.7 Å². The van der Waals surface area contributed by atoms with Gasteiger partial charge in [-0.3, -0.25) is 14.6 Å². The summed E-state index contributed by atoms with van der Waals surface area (Å²) in [5.41, 5.74) is 12.1. The number of halogens is 1. The summed E-state index contributed by atoms with van der Waals surface area (Å²) in [6.45, 7) is 3.82. The van der Waals surface area contributed by atoms with Crippen LogP contribution in [0.5, 0.6) is 0 Å². The third-order valence-electron chi connectivity index (χ3n) is 8.81. The Bertz CT molecular complexity index is 1870. The fraction of sp³-hybridized carbons (Fsp3) is 0.235. The van der Waals surface area contributed by atoms with Crippen molar-refractivity contribution in [1.29, 1.82) is 0 Å². The van der Waals surface area contributed by atoms with Crippen LogP contribution in [0.25, 0.3) is 28.0 Å². The molecular weight excluding hydrogens is 543 g/mol. The van der Waals surface area contributed by atoms with Crippen LogP contribution in [-0.4, -0.2) is 50.7 Å². The fourth-order valence-electron chi connectivity index (χ4n) is 6.43. The zero-order chi connectivity index (χ0) is 29.7. The summed E-state index contributed by atoms with van der Waals surface area (Å²) in [4.78, 5) is 38.6. The van der Waals surface area contributed by atoms with Crippen LogP contribution in [0.15, 0.2) is 85.5 Å².